The minimum Gasteiger partial charge on any atom is -0.395 e. The molecule has 0 saturated carbocycles. The number of ether oxygens (including phenoxy) is 1. The van der Waals surface area contributed by atoms with Gasteiger partial charge in [0.15, 0.2) is 0 Å². The predicted molar refractivity (Wildman–Crippen MR) is 41.0 cm³/mol. The number of aliphatic hydroxyl groups excluding tert-OH is 1. The highest BCUT2D eigenvalue weighted by molar-refractivity contribution is 4.53. The number of nitrogens with one attached hydrogen (secondary N) is 1. The first kappa shape index (κ1) is 9.88. The topological polar surface area (TPSA) is 41.5 Å². The van der Waals surface area contributed by atoms with E-state index in [1.165, 1.54) is 0 Å². The van der Waals surface area contributed by atoms with Gasteiger partial charge in [-0.05, 0) is 13.8 Å². The highest BCUT2D eigenvalue weighted by atomic mass is 16.5. The lowest BCUT2D eigenvalue weighted by molar-refractivity contribution is 0.0753. The van der Waals surface area contributed by atoms with Crippen molar-refractivity contribution < 1.29 is 9.84 Å². The molecule has 0 aliphatic rings. The Morgan fingerprint density at radius 3 is 2.80 bits per heavy atom. The van der Waals surface area contributed by atoms with Crippen molar-refractivity contribution in [3.8, 4) is 0 Å². The first-order valence-corrected chi connectivity index (χ1v) is 3.74. The Morgan fingerprint density at radius 2 is 2.30 bits per heavy atom. The van der Waals surface area contributed by atoms with Crippen LogP contribution < -0.4 is 5.32 Å². The van der Waals surface area contributed by atoms with Gasteiger partial charge in [-0.15, -0.1) is 0 Å². The molecule has 0 bridgehead atoms. The average molecular weight is 147 g/mol. The molecule has 0 amide bonds. The summed E-state index contributed by atoms with van der Waals surface area (Å²) in [6.45, 7) is 6.39. The van der Waals surface area contributed by atoms with Crippen LogP contribution in [0.1, 0.15) is 13.8 Å². The highest BCUT2D eigenvalue weighted by Crippen LogP contribution is 1.85. The summed E-state index contributed by atoms with van der Waals surface area (Å²) in [6.07, 6.45) is 0.247. The minimum atomic E-state index is 0.193. The standard InChI is InChI=1S/C7H17NO2/c1-3-10-7(2)6-8-4-5-9/h7-9H,3-6H2,1-2H3. The first-order chi connectivity index (χ1) is 4.81. The molecule has 0 aliphatic heterocycles. The molecule has 0 fully saturated rings. The van der Waals surface area contributed by atoms with Crippen LogP contribution in [0.2, 0.25) is 0 Å². The number of hydrogen-bond donors (Lipinski definition) is 2. The van der Waals surface area contributed by atoms with Gasteiger partial charge in [0.05, 0.1) is 12.7 Å². The van der Waals surface area contributed by atoms with Gasteiger partial charge >= 0.3 is 0 Å². The van der Waals surface area contributed by atoms with Crippen LogP contribution in [0.15, 0.2) is 0 Å². The lowest BCUT2D eigenvalue weighted by Gasteiger charge is -2.11. The second-order valence-electron chi connectivity index (χ2n) is 2.19. The summed E-state index contributed by atoms with van der Waals surface area (Å²) in [5.74, 6) is 0. The second-order valence-corrected chi connectivity index (χ2v) is 2.19. The maximum Gasteiger partial charge on any atom is 0.0671 e. The van der Waals surface area contributed by atoms with Crippen molar-refractivity contribution in [2.75, 3.05) is 26.3 Å². The maximum absolute atomic E-state index is 8.41. The maximum atomic E-state index is 8.41. The van der Waals surface area contributed by atoms with Crippen LogP contribution in [0.5, 0.6) is 0 Å². The second kappa shape index (κ2) is 6.99. The van der Waals surface area contributed by atoms with E-state index < -0.39 is 0 Å². The number of aliphatic hydroxyl groups is 1. The monoisotopic (exact) mass is 147 g/mol. The molecule has 0 heterocycles. The zero-order chi connectivity index (χ0) is 7.82. The summed E-state index contributed by atoms with van der Waals surface area (Å²) in [6, 6.07) is 0. The summed E-state index contributed by atoms with van der Waals surface area (Å²) in [7, 11) is 0. The average Bonchev–Trinajstić information content (AvgIpc) is 1.89. The van der Waals surface area contributed by atoms with Crippen molar-refractivity contribution in [3.05, 3.63) is 0 Å². The largest absolute Gasteiger partial charge is 0.395 e. The van der Waals surface area contributed by atoms with Crippen LogP contribution in [0, 0.1) is 0 Å². The van der Waals surface area contributed by atoms with Gasteiger partial charge in [0.25, 0.3) is 0 Å². The van der Waals surface area contributed by atoms with Crippen LogP contribution in [0.25, 0.3) is 0 Å². The van der Waals surface area contributed by atoms with E-state index in [4.69, 9.17) is 9.84 Å². The molecule has 1 unspecified atom stereocenters. The van der Waals surface area contributed by atoms with Crippen LogP contribution >= 0.6 is 0 Å². The van der Waals surface area contributed by atoms with Gasteiger partial charge < -0.3 is 15.2 Å². The molecule has 0 aromatic rings. The Bertz CT molecular complexity index is 68.6. The SMILES string of the molecule is CCOC(C)CNCCO. The summed E-state index contributed by atoms with van der Waals surface area (Å²) in [5, 5.41) is 11.5. The Hall–Kier alpha value is -0.120. The molecule has 3 heteroatoms. The van der Waals surface area contributed by atoms with E-state index in [2.05, 4.69) is 5.32 Å². The fourth-order valence-electron chi connectivity index (χ4n) is 0.728. The summed E-state index contributed by atoms with van der Waals surface area (Å²) < 4.78 is 5.24. The Kier molecular flexibility index (Phi) is 6.91. The van der Waals surface area contributed by atoms with Gasteiger partial charge in [0.1, 0.15) is 0 Å². The zero-order valence-electron chi connectivity index (χ0n) is 6.76. The minimum absolute atomic E-state index is 0.193. The first-order valence-electron chi connectivity index (χ1n) is 3.74. The quantitative estimate of drug-likeness (QED) is 0.519. The van der Waals surface area contributed by atoms with Crippen LogP contribution in [-0.4, -0.2) is 37.5 Å². The molecular formula is C7H17NO2. The van der Waals surface area contributed by atoms with E-state index in [1.807, 2.05) is 13.8 Å². The van der Waals surface area contributed by atoms with Gasteiger partial charge in [0, 0.05) is 19.7 Å². The molecule has 2 N–H and O–H groups in total. The fraction of sp³-hybridized carbons (Fsp3) is 1.00. The highest BCUT2D eigenvalue weighted by Gasteiger charge is 1.97. The third kappa shape index (κ3) is 6.01. The summed E-state index contributed by atoms with van der Waals surface area (Å²) in [4.78, 5) is 0. The predicted octanol–water partition coefficient (Wildman–Crippen LogP) is -0.00670. The summed E-state index contributed by atoms with van der Waals surface area (Å²) in [5.41, 5.74) is 0. The Labute approximate surface area is 62.4 Å². The van der Waals surface area contributed by atoms with Crippen molar-refractivity contribution in [2.24, 2.45) is 0 Å². The smallest absolute Gasteiger partial charge is 0.0671 e. The third-order valence-corrected chi connectivity index (χ3v) is 1.17. The lowest BCUT2D eigenvalue weighted by atomic mass is 10.4. The molecule has 0 aromatic heterocycles. The van der Waals surface area contributed by atoms with E-state index in [9.17, 15) is 0 Å². The molecule has 1 atom stereocenters. The van der Waals surface area contributed by atoms with Gasteiger partial charge in [0.2, 0.25) is 0 Å². The van der Waals surface area contributed by atoms with Gasteiger partial charge in [-0.3, -0.25) is 0 Å². The molecule has 3 nitrogen and oxygen atoms in total. The molecule has 0 spiro atoms. The summed E-state index contributed by atoms with van der Waals surface area (Å²) >= 11 is 0. The Morgan fingerprint density at radius 1 is 1.60 bits per heavy atom. The van der Waals surface area contributed by atoms with Crippen molar-refractivity contribution in [3.63, 3.8) is 0 Å². The molecular weight excluding hydrogens is 130 g/mol. The van der Waals surface area contributed by atoms with Crippen LogP contribution in [0.3, 0.4) is 0 Å². The van der Waals surface area contributed by atoms with E-state index >= 15 is 0 Å². The van der Waals surface area contributed by atoms with E-state index in [1.54, 1.807) is 0 Å². The molecule has 0 aliphatic carbocycles. The van der Waals surface area contributed by atoms with E-state index in [0.29, 0.717) is 6.54 Å². The van der Waals surface area contributed by atoms with Gasteiger partial charge in [-0.2, -0.15) is 0 Å². The molecule has 10 heavy (non-hydrogen) atoms. The van der Waals surface area contributed by atoms with Gasteiger partial charge in [-0.25, -0.2) is 0 Å². The van der Waals surface area contributed by atoms with Gasteiger partial charge in [-0.1, -0.05) is 0 Å². The molecule has 62 valence electrons. The molecule has 0 saturated heterocycles. The van der Waals surface area contributed by atoms with Crippen LogP contribution in [-0.2, 0) is 4.74 Å². The molecule has 0 aromatic carbocycles. The third-order valence-electron chi connectivity index (χ3n) is 1.17. The normalized spacial score (nSPS) is 13.5. The fourth-order valence-corrected chi connectivity index (χ4v) is 0.728. The lowest BCUT2D eigenvalue weighted by Crippen LogP contribution is -2.28. The number of hydrogen-bond acceptors (Lipinski definition) is 3. The van der Waals surface area contributed by atoms with Crippen molar-refractivity contribution in [1.29, 1.82) is 0 Å². The van der Waals surface area contributed by atoms with E-state index in [-0.39, 0.29) is 12.7 Å². The van der Waals surface area contributed by atoms with E-state index in [0.717, 1.165) is 13.2 Å². The Balaban J connectivity index is 2.97. The van der Waals surface area contributed by atoms with Crippen molar-refractivity contribution >= 4 is 0 Å². The zero-order valence-corrected chi connectivity index (χ0v) is 6.76. The molecule has 0 rings (SSSR count). The molecule has 0 radical (unpaired) electrons. The van der Waals surface area contributed by atoms with Crippen molar-refractivity contribution in [1.82, 2.24) is 5.32 Å². The van der Waals surface area contributed by atoms with Crippen LogP contribution in [0.4, 0.5) is 0 Å². The van der Waals surface area contributed by atoms with Crippen molar-refractivity contribution in [2.45, 2.75) is 20.0 Å². The number of rotatable bonds is 6.